The molecule has 0 spiro atoms. The maximum atomic E-state index is 13.9. The number of halogens is 2. The van der Waals surface area contributed by atoms with Gasteiger partial charge in [-0.3, -0.25) is 0 Å². The molecule has 0 saturated carbocycles. The van der Waals surface area contributed by atoms with Crippen molar-refractivity contribution >= 4 is 40.6 Å². The van der Waals surface area contributed by atoms with E-state index in [0.717, 1.165) is 28.5 Å². The van der Waals surface area contributed by atoms with Gasteiger partial charge in [-0.2, -0.15) is 0 Å². The van der Waals surface area contributed by atoms with E-state index in [1.54, 1.807) is 12.1 Å². The topological polar surface area (TPSA) is 12.5 Å². The normalized spacial score (nSPS) is 14.7. The lowest BCUT2D eigenvalue weighted by Crippen LogP contribution is -2.40. The Morgan fingerprint density at radius 3 is 2.67 bits per heavy atom. The SMILES string of the molecule is Fc1ccccc1Sc1ccc(Cl)cc1CC(=S)N1CCOCC1. The fourth-order valence-electron chi connectivity index (χ4n) is 2.52. The van der Waals surface area contributed by atoms with E-state index in [0.29, 0.717) is 29.6 Å². The van der Waals surface area contributed by atoms with Crippen molar-refractivity contribution in [1.82, 2.24) is 4.90 Å². The summed E-state index contributed by atoms with van der Waals surface area (Å²) in [5.74, 6) is -0.223. The molecule has 0 unspecified atom stereocenters. The highest BCUT2D eigenvalue weighted by molar-refractivity contribution is 7.99. The number of hydrogen-bond donors (Lipinski definition) is 0. The van der Waals surface area contributed by atoms with E-state index in [1.165, 1.54) is 17.8 Å². The molecular weight excluding hydrogens is 365 g/mol. The van der Waals surface area contributed by atoms with Crippen molar-refractivity contribution in [3.8, 4) is 0 Å². The van der Waals surface area contributed by atoms with Crippen LogP contribution in [0.25, 0.3) is 0 Å². The molecule has 1 aliphatic rings. The Hall–Kier alpha value is -1.14. The molecule has 6 heteroatoms. The number of rotatable bonds is 4. The van der Waals surface area contributed by atoms with Crippen LogP contribution in [0.3, 0.4) is 0 Å². The van der Waals surface area contributed by atoms with Gasteiger partial charge in [-0.1, -0.05) is 47.7 Å². The lowest BCUT2D eigenvalue weighted by Gasteiger charge is -2.29. The summed E-state index contributed by atoms with van der Waals surface area (Å²) in [4.78, 5) is 4.60. The van der Waals surface area contributed by atoms with E-state index in [9.17, 15) is 4.39 Å². The van der Waals surface area contributed by atoms with Crippen LogP contribution < -0.4 is 0 Å². The Bertz CT molecular complexity index is 735. The van der Waals surface area contributed by atoms with E-state index in [-0.39, 0.29) is 5.82 Å². The molecule has 0 amide bonds. The van der Waals surface area contributed by atoms with Crippen molar-refractivity contribution in [3.05, 3.63) is 58.9 Å². The van der Waals surface area contributed by atoms with Crippen molar-refractivity contribution in [2.45, 2.75) is 16.2 Å². The molecule has 0 atom stereocenters. The zero-order valence-corrected chi connectivity index (χ0v) is 15.4. The van der Waals surface area contributed by atoms with Gasteiger partial charge in [0.15, 0.2) is 0 Å². The van der Waals surface area contributed by atoms with Crippen LogP contribution >= 0.6 is 35.6 Å². The first kappa shape index (κ1) is 17.7. The van der Waals surface area contributed by atoms with E-state index in [4.69, 9.17) is 28.6 Å². The molecule has 0 aliphatic carbocycles. The summed E-state index contributed by atoms with van der Waals surface area (Å²) < 4.78 is 19.3. The van der Waals surface area contributed by atoms with Gasteiger partial charge < -0.3 is 9.64 Å². The molecular formula is C18H17ClFNOS2. The molecule has 0 radical (unpaired) electrons. The fraction of sp³-hybridized carbons (Fsp3) is 0.278. The van der Waals surface area contributed by atoms with Crippen molar-refractivity contribution < 1.29 is 9.13 Å². The summed E-state index contributed by atoms with van der Waals surface area (Å²) in [6.07, 6.45) is 0.618. The lowest BCUT2D eigenvalue weighted by molar-refractivity contribution is 0.0684. The van der Waals surface area contributed by atoms with Gasteiger partial charge in [0, 0.05) is 34.3 Å². The molecule has 24 heavy (non-hydrogen) atoms. The third kappa shape index (κ3) is 4.48. The highest BCUT2D eigenvalue weighted by Gasteiger charge is 2.16. The molecule has 1 saturated heterocycles. The van der Waals surface area contributed by atoms with Gasteiger partial charge in [0.05, 0.1) is 18.2 Å². The maximum absolute atomic E-state index is 13.9. The van der Waals surface area contributed by atoms with Crippen molar-refractivity contribution in [2.75, 3.05) is 26.3 Å². The minimum absolute atomic E-state index is 0.223. The summed E-state index contributed by atoms with van der Waals surface area (Å²) in [6.45, 7) is 3.03. The average molecular weight is 382 g/mol. The Morgan fingerprint density at radius 1 is 1.17 bits per heavy atom. The molecule has 3 rings (SSSR count). The van der Waals surface area contributed by atoms with Crippen LogP contribution in [-0.2, 0) is 11.2 Å². The van der Waals surface area contributed by atoms with E-state index in [2.05, 4.69) is 4.90 Å². The molecule has 0 N–H and O–H groups in total. The van der Waals surface area contributed by atoms with Crippen LogP contribution in [0.5, 0.6) is 0 Å². The highest BCUT2D eigenvalue weighted by atomic mass is 35.5. The van der Waals surface area contributed by atoms with E-state index < -0.39 is 0 Å². The lowest BCUT2D eigenvalue weighted by atomic mass is 10.1. The van der Waals surface area contributed by atoms with Crippen molar-refractivity contribution in [3.63, 3.8) is 0 Å². The number of ether oxygens (including phenoxy) is 1. The van der Waals surface area contributed by atoms with Gasteiger partial charge in [0.2, 0.25) is 0 Å². The number of hydrogen-bond acceptors (Lipinski definition) is 3. The standard InChI is InChI=1S/C18H17ClFNOS2/c19-14-5-6-16(24-17-4-2-1-3-15(17)20)13(11-14)12-18(23)21-7-9-22-10-8-21/h1-6,11H,7-10,12H2. The van der Waals surface area contributed by atoms with Crippen molar-refractivity contribution in [1.29, 1.82) is 0 Å². The largest absolute Gasteiger partial charge is 0.378 e. The van der Waals surface area contributed by atoms with E-state index in [1.807, 2.05) is 24.3 Å². The minimum atomic E-state index is -0.223. The predicted octanol–water partition coefficient (Wildman–Crippen LogP) is 4.83. The first-order valence-electron chi connectivity index (χ1n) is 7.70. The van der Waals surface area contributed by atoms with Crippen LogP contribution in [0.15, 0.2) is 52.3 Å². The Kier molecular flexibility index (Phi) is 6.11. The van der Waals surface area contributed by atoms with Gasteiger partial charge in [-0.25, -0.2) is 4.39 Å². The molecule has 1 aliphatic heterocycles. The molecule has 126 valence electrons. The summed E-state index contributed by atoms with van der Waals surface area (Å²) in [6, 6.07) is 12.4. The maximum Gasteiger partial charge on any atom is 0.137 e. The van der Waals surface area contributed by atoms with Gasteiger partial charge in [0.1, 0.15) is 5.82 Å². The molecule has 1 fully saturated rings. The fourth-order valence-corrected chi connectivity index (χ4v) is 4.00. The Labute approximate surface area is 155 Å². The first-order valence-corrected chi connectivity index (χ1v) is 9.30. The summed E-state index contributed by atoms with van der Waals surface area (Å²) in [5.41, 5.74) is 1.02. The second-order valence-corrected chi connectivity index (χ2v) is 7.45. The second-order valence-electron chi connectivity index (χ2n) is 5.45. The number of morpholine rings is 1. The smallest absolute Gasteiger partial charge is 0.137 e. The van der Waals surface area contributed by atoms with Gasteiger partial charge in [-0.15, -0.1) is 0 Å². The molecule has 0 bridgehead atoms. The first-order chi connectivity index (χ1) is 11.6. The zero-order chi connectivity index (χ0) is 16.9. The van der Waals surface area contributed by atoms with Crippen LogP contribution in [0, 0.1) is 5.82 Å². The third-order valence-electron chi connectivity index (χ3n) is 3.78. The zero-order valence-electron chi connectivity index (χ0n) is 13.0. The number of thiocarbonyl (C=S) groups is 1. The van der Waals surface area contributed by atoms with Crippen LogP contribution in [0.1, 0.15) is 5.56 Å². The third-order valence-corrected chi connectivity index (χ3v) is 5.59. The van der Waals surface area contributed by atoms with Gasteiger partial charge in [-0.05, 0) is 35.9 Å². The summed E-state index contributed by atoms with van der Waals surface area (Å²) >= 11 is 13.2. The monoisotopic (exact) mass is 381 g/mol. The average Bonchev–Trinajstić information content (AvgIpc) is 2.60. The summed E-state index contributed by atoms with van der Waals surface area (Å²) in [7, 11) is 0. The van der Waals surface area contributed by atoms with Crippen LogP contribution in [-0.4, -0.2) is 36.2 Å². The molecule has 2 aromatic rings. The van der Waals surface area contributed by atoms with Crippen LogP contribution in [0.4, 0.5) is 4.39 Å². The molecule has 2 aromatic carbocycles. The second kappa shape index (κ2) is 8.30. The molecule has 2 nitrogen and oxygen atoms in total. The van der Waals surface area contributed by atoms with Gasteiger partial charge >= 0.3 is 0 Å². The van der Waals surface area contributed by atoms with Gasteiger partial charge in [0.25, 0.3) is 0 Å². The molecule has 0 aromatic heterocycles. The predicted molar refractivity (Wildman–Crippen MR) is 101 cm³/mol. The van der Waals surface area contributed by atoms with E-state index >= 15 is 0 Å². The summed E-state index contributed by atoms with van der Waals surface area (Å²) in [5, 5.41) is 0.660. The quantitative estimate of drug-likeness (QED) is 0.703. The van der Waals surface area contributed by atoms with Crippen LogP contribution in [0.2, 0.25) is 5.02 Å². The van der Waals surface area contributed by atoms with Crippen molar-refractivity contribution in [2.24, 2.45) is 0 Å². The highest BCUT2D eigenvalue weighted by Crippen LogP contribution is 2.34. The Balaban J connectivity index is 1.80. The molecule has 1 heterocycles. The Morgan fingerprint density at radius 2 is 1.92 bits per heavy atom. The number of benzene rings is 2. The number of nitrogens with zero attached hydrogens (tertiary/aromatic N) is 1. The minimum Gasteiger partial charge on any atom is -0.378 e.